The fraction of sp³-hybridized carbons (Fsp3) is 0.500. The predicted molar refractivity (Wildman–Crippen MR) is 72.4 cm³/mol. The molecular formula is C14H18N2O5. The van der Waals surface area contributed by atoms with Crippen LogP contribution in [0.5, 0.6) is 0 Å². The molecular weight excluding hydrogens is 276 g/mol. The first kappa shape index (κ1) is 15.1. The molecule has 0 radical (unpaired) electrons. The van der Waals surface area contributed by atoms with Gasteiger partial charge in [0.05, 0.1) is 19.4 Å². The van der Waals surface area contributed by atoms with E-state index < -0.39 is 11.9 Å². The SMILES string of the molecule is CCOC(=O)CN(C(=O)CNC(=O)c1ccco1)C1CC1. The summed E-state index contributed by atoms with van der Waals surface area (Å²) >= 11 is 0. The summed E-state index contributed by atoms with van der Waals surface area (Å²) in [5.41, 5.74) is 0. The van der Waals surface area contributed by atoms with E-state index in [1.54, 1.807) is 13.0 Å². The first-order valence-corrected chi connectivity index (χ1v) is 6.88. The quantitative estimate of drug-likeness (QED) is 0.742. The van der Waals surface area contributed by atoms with E-state index in [0.29, 0.717) is 0 Å². The molecule has 0 aliphatic heterocycles. The molecule has 1 saturated carbocycles. The molecule has 2 rings (SSSR count). The molecule has 0 atom stereocenters. The Labute approximate surface area is 122 Å². The van der Waals surface area contributed by atoms with Gasteiger partial charge in [0.25, 0.3) is 5.91 Å². The first-order valence-electron chi connectivity index (χ1n) is 6.88. The van der Waals surface area contributed by atoms with Crippen LogP contribution in [0, 0.1) is 0 Å². The van der Waals surface area contributed by atoms with Gasteiger partial charge in [0.15, 0.2) is 5.76 Å². The second-order valence-corrected chi connectivity index (χ2v) is 4.72. The molecule has 114 valence electrons. The second kappa shape index (κ2) is 6.92. The number of nitrogens with zero attached hydrogens (tertiary/aromatic N) is 1. The van der Waals surface area contributed by atoms with Crippen LogP contribution >= 0.6 is 0 Å². The minimum absolute atomic E-state index is 0.0717. The second-order valence-electron chi connectivity index (χ2n) is 4.72. The van der Waals surface area contributed by atoms with Crippen LogP contribution in [0.4, 0.5) is 0 Å². The maximum Gasteiger partial charge on any atom is 0.325 e. The molecule has 1 aromatic heterocycles. The average Bonchev–Trinajstić information content (AvgIpc) is 3.15. The smallest absolute Gasteiger partial charge is 0.325 e. The van der Waals surface area contributed by atoms with Crippen molar-refractivity contribution in [3.8, 4) is 0 Å². The lowest BCUT2D eigenvalue weighted by atomic mass is 10.4. The van der Waals surface area contributed by atoms with E-state index in [1.807, 2.05) is 0 Å². The van der Waals surface area contributed by atoms with Gasteiger partial charge in [0.2, 0.25) is 5.91 Å². The third kappa shape index (κ3) is 4.34. The van der Waals surface area contributed by atoms with Crippen LogP contribution in [-0.2, 0) is 14.3 Å². The number of esters is 1. The van der Waals surface area contributed by atoms with Crippen molar-refractivity contribution in [2.75, 3.05) is 19.7 Å². The van der Waals surface area contributed by atoms with E-state index in [4.69, 9.17) is 9.15 Å². The van der Waals surface area contributed by atoms with Gasteiger partial charge >= 0.3 is 5.97 Å². The largest absolute Gasteiger partial charge is 0.465 e. The summed E-state index contributed by atoms with van der Waals surface area (Å²) in [5.74, 6) is -1.05. The maximum absolute atomic E-state index is 12.1. The number of nitrogens with one attached hydrogen (secondary N) is 1. The minimum Gasteiger partial charge on any atom is -0.465 e. The number of amides is 2. The average molecular weight is 294 g/mol. The number of ether oxygens (including phenoxy) is 1. The molecule has 1 heterocycles. The Morgan fingerprint density at radius 3 is 2.76 bits per heavy atom. The number of carbonyl (C=O) groups excluding carboxylic acids is 3. The van der Waals surface area contributed by atoms with Crippen LogP contribution in [0.25, 0.3) is 0 Å². The van der Waals surface area contributed by atoms with E-state index in [9.17, 15) is 14.4 Å². The summed E-state index contributed by atoms with van der Waals surface area (Å²) in [4.78, 5) is 36.7. The molecule has 7 nitrogen and oxygen atoms in total. The van der Waals surface area contributed by atoms with Gasteiger partial charge in [-0.25, -0.2) is 0 Å². The van der Waals surface area contributed by atoms with E-state index >= 15 is 0 Å². The first-order chi connectivity index (χ1) is 10.1. The van der Waals surface area contributed by atoms with Crippen molar-refractivity contribution in [1.29, 1.82) is 0 Å². The lowest BCUT2D eigenvalue weighted by Crippen LogP contribution is -2.44. The Morgan fingerprint density at radius 1 is 1.43 bits per heavy atom. The number of hydrogen-bond donors (Lipinski definition) is 1. The van der Waals surface area contributed by atoms with Gasteiger partial charge in [0.1, 0.15) is 6.54 Å². The Morgan fingerprint density at radius 2 is 2.19 bits per heavy atom. The van der Waals surface area contributed by atoms with Gasteiger partial charge in [-0.3, -0.25) is 14.4 Å². The van der Waals surface area contributed by atoms with Crippen LogP contribution in [0.3, 0.4) is 0 Å². The maximum atomic E-state index is 12.1. The van der Waals surface area contributed by atoms with Crippen LogP contribution in [0.15, 0.2) is 22.8 Å². The molecule has 7 heteroatoms. The van der Waals surface area contributed by atoms with Gasteiger partial charge in [-0.05, 0) is 31.9 Å². The Bertz CT molecular complexity index is 507. The molecule has 2 amide bonds. The third-order valence-electron chi connectivity index (χ3n) is 3.06. The molecule has 1 aliphatic carbocycles. The van der Waals surface area contributed by atoms with Crippen molar-refractivity contribution in [2.45, 2.75) is 25.8 Å². The topological polar surface area (TPSA) is 88.9 Å². The molecule has 0 unspecified atom stereocenters. The van der Waals surface area contributed by atoms with E-state index in [0.717, 1.165) is 12.8 Å². The fourth-order valence-electron chi connectivity index (χ4n) is 1.91. The lowest BCUT2D eigenvalue weighted by Gasteiger charge is -2.21. The summed E-state index contributed by atoms with van der Waals surface area (Å²) in [5, 5.41) is 2.48. The third-order valence-corrected chi connectivity index (χ3v) is 3.06. The standard InChI is InChI=1S/C14H18N2O5/c1-2-20-13(18)9-16(10-5-6-10)12(17)8-15-14(19)11-4-3-7-21-11/h3-4,7,10H,2,5-6,8-9H2,1H3,(H,15,19). The number of carbonyl (C=O) groups is 3. The molecule has 0 spiro atoms. The van der Waals surface area contributed by atoms with Crippen molar-refractivity contribution >= 4 is 17.8 Å². The summed E-state index contributed by atoms with van der Waals surface area (Å²) < 4.78 is 9.78. The van der Waals surface area contributed by atoms with E-state index in [1.165, 1.54) is 17.2 Å². The van der Waals surface area contributed by atoms with Crippen LogP contribution < -0.4 is 5.32 Å². The molecule has 1 aromatic rings. The highest BCUT2D eigenvalue weighted by atomic mass is 16.5. The predicted octanol–water partition coefficient (Wildman–Crippen LogP) is 0.564. The molecule has 1 fully saturated rings. The van der Waals surface area contributed by atoms with Crippen LogP contribution in [0.1, 0.15) is 30.3 Å². The van der Waals surface area contributed by atoms with Crippen molar-refractivity contribution < 1.29 is 23.5 Å². The highest BCUT2D eigenvalue weighted by molar-refractivity contribution is 5.94. The normalized spacial score (nSPS) is 13.6. The minimum atomic E-state index is -0.458. The highest BCUT2D eigenvalue weighted by Crippen LogP contribution is 2.26. The monoisotopic (exact) mass is 294 g/mol. The zero-order valence-electron chi connectivity index (χ0n) is 11.8. The van der Waals surface area contributed by atoms with Crippen LogP contribution in [0.2, 0.25) is 0 Å². The highest BCUT2D eigenvalue weighted by Gasteiger charge is 2.34. The van der Waals surface area contributed by atoms with Crippen molar-refractivity contribution in [2.24, 2.45) is 0 Å². The molecule has 1 aliphatic rings. The van der Waals surface area contributed by atoms with E-state index in [2.05, 4.69) is 5.32 Å². The van der Waals surface area contributed by atoms with Crippen molar-refractivity contribution in [3.05, 3.63) is 24.2 Å². The molecule has 21 heavy (non-hydrogen) atoms. The van der Waals surface area contributed by atoms with Gasteiger partial charge in [-0.2, -0.15) is 0 Å². The number of rotatable bonds is 7. The zero-order chi connectivity index (χ0) is 15.2. The van der Waals surface area contributed by atoms with Crippen molar-refractivity contribution in [1.82, 2.24) is 10.2 Å². The molecule has 1 N–H and O–H groups in total. The van der Waals surface area contributed by atoms with E-state index in [-0.39, 0.29) is 37.4 Å². The Hall–Kier alpha value is -2.31. The summed E-state index contributed by atoms with van der Waals surface area (Å²) in [6.45, 7) is 1.74. The van der Waals surface area contributed by atoms with Gasteiger partial charge in [0, 0.05) is 6.04 Å². The summed E-state index contributed by atoms with van der Waals surface area (Å²) in [6.07, 6.45) is 3.13. The van der Waals surface area contributed by atoms with Gasteiger partial charge in [-0.1, -0.05) is 0 Å². The van der Waals surface area contributed by atoms with Gasteiger partial charge in [-0.15, -0.1) is 0 Å². The van der Waals surface area contributed by atoms with Crippen LogP contribution in [-0.4, -0.2) is 48.4 Å². The van der Waals surface area contributed by atoms with Gasteiger partial charge < -0.3 is 19.4 Å². The summed E-state index contributed by atoms with van der Waals surface area (Å²) in [6, 6.07) is 3.17. The molecule has 0 aromatic carbocycles. The Kier molecular flexibility index (Phi) is 4.97. The molecule has 0 bridgehead atoms. The summed E-state index contributed by atoms with van der Waals surface area (Å²) in [7, 11) is 0. The molecule has 0 saturated heterocycles. The Balaban J connectivity index is 1.84. The zero-order valence-corrected chi connectivity index (χ0v) is 11.8. The number of hydrogen-bond acceptors (Lipinski definition) is 5. The van der Waals surface area contributed by atoms with Crippen molar-refractivity contribution in [3.63, 3.8) is 0 Å². The number of furan rings is 1. The fourth-order valence-corrected chi connectivity index (χ4v) is 1.91. The lowest BCUT2D eigenvalue weighted by molar-refractivity contribution is -0.149.